The van der Waals surface area contributed by atoms with Crippen molar-refractivity contribution in [3.05, 3.63) is 51.2 Å². The van der Waals surface area contributed by atoms with Gasteiger partial charge in [-0.1, -0.05) is 11.6 Å². The van der Waals surface area contributed by atoms with E-state index >= 15 is 0 Å². The molecule has 2 N–H and O–H groups in total. The van der Waals surface area contributed by atoms with Gasteiger partial charge in [-0.2, -0.15) is 4.39 Å². The average Bonchev–Trinajstić information content (AvgIpc) is 2.36. The van der Waals surface area contributed by atoms with Gasteiger partial charge in [0.25, 0.3) is 0 Å². The smallest absolute Gasteiger partial charge is 0.203 e. The molecule has 0 aromatic heterocycles. The Bertz CT molecular complexity index is 651. The predicted octanol–water partition coefficient (Wildman–Crippen LogP) is 4.89. The number of nitrogen functional groups attached to an aromatic ring is 1. The third-order valence-electron chi connectivity index (χ3n) is 2.27. The van der Waals surface area contributed by atoms with Crippen molar-refractivity contribution in [2.45, 2.75) is 0 Å². The van der Waals surface area contributed by atoms with E-state index in [-0.39, 0.29) is 20.9 Å². The van der Waals surface area contributed by atoms with E-state index < -0.39 is 23.2 Å². The van der Waals surface area contributed by atoms with Crippen molar-refractivity contribution in [3.8, 4) is 11.5 Å². The highest BCUT2D eigenvalue weighted by molar-refractivity contribution is 9.10. The maximum Gasteiger partial charge on any atom is 0.203 e. The lowest BCUT2D eigenvalue weighted by molar-refractivity contribution is 0.414. The first-order valence-corrected chi connectivity index (χ1v) is 6.13. The highest BCUT2D eigenvalue weighted by Gasteiger charge is 2.16. The molecule has 0 spiro atoms. The van der Waals surface area contributed by atoms with Crippen LogP contribution in [0.15, 0.2) is 28.7 Å². The largest absolute Gasteiger partial charge is 0.451 e. The summed E-state index contributed by atoms with van der Waals surface area (Å²) in [4.78, 5) is 0. The fourth-order valence-corrected chi connectivity index (χ4v) is 2.06. The van der Waals surface area contributed by atoms with Gasteiger partial charge in [0.1, 0.15) is 11.6 Å². The van der Waals surface area contributed by atoms with Crippen LogP contribution in [0.3, 0.4) is 0 Å². The van der Waals surface area contributed by atoms with Crippen molar-refractivity contribution < 1.29 is 17.9 Å². The first kappa shape index (κ1) is 14.0. The van der Waals surface area contributed by atoms with Crippen molar-refractivity contribution in [2.24, 2.45) is 0 Å². The van der Waals surface area contributed by atoms with Crippen LogP contribution < -0.4 is 10.5 Å². The summed E-state index contributed by atoms with van der Waals surface area (Å²) in [6.07, 6.45) is 0. The van der Waals surface area contributed by atoms with Crippen molar-refractivity contribution in [1.29, 1.82) is 0 Å². The minimum atomic E-state index is -1.25. The number of halogens is 5. The van der Waals surface area contributed by atoms with Crippen molar-refractivity contribution in [2.75, 3.05) is 5.73 Å². The van der Waals surface area contributed by atoms with Gasteiger partial charge < -0.3 is 10.5 Å². The summed E-state index contributed by atoms with van der Waals surface area (Å²) >= 11 is 8.63. The van der Waals surface area contributed by atoms with Gasteiger partial charge in [-0.15, -0.1) is 0 Å². The van der Waals surface area contributed by atoms with E-state index in [2.05, 4.69) is 15.9 Å². The zero-order valence-electron chi connectivity index (χ0n) is 9.18. The van der Waals surface area contributed by atoms with Crippen LogP contribution >= 0.6 is 27.5 Å². The number of hydrogen-bond acceptors (Lipinski definition) is 2. The first-order chi connectivity index (χ1) is 8.90. The lowest BCUT2D eigenvalue weighted by Crippen LogP contribution is -1.98. The van der Waals surface area contributed by atoms with Crippen LogP contribution in [0.4, 0.5) is 18.9 Å². The van der Waals surface area contributed by atoms with Gasteiger partial charge in [0.05, 0.1) is 15.2 Å². The number of hydrogen-bond donors (Lipinski definition) is 1. The number of nitrogens with two attached hydrogens (primary N) is 1. The molecule has 19 heavy (non-hydrogen) atoms. The molecule has 0 radical (unpaired) electrons. The van der Waals surface area contributed by atoms with E-state index in [1.54, 1.807) is 0 Å². The number of anilines is 1. The van der Waals surface area contributed by atoms with Crippen molar-refractivity contribution >= 4 is 33.2 Å². The third kappa shape index (κ3) is 2.79. The normalized spacial score (nSPS) is 10.6. The molecule has 0 aliphatic heterocycles. The highest BCUT2D eigenvalue weighted by Crippen LogP contribution is 2.37. The maximum atomic E-state index is 13.5. The SMILES string of the molecule is Nc1ccc(F)c(F)c1Oc1cc(F)c(Cl)cc1Br. The van der Waals surface area contributed by atoms with Gasteiger partial charge >= 0.3 is 0 Å². The van der Waals surface area contributed by atoms with Gasteiger partial charge in [-0.3, -0.25) is 0 Å². The fourth-order valence-electron chi connectivity index (χ4n) is 1.34. The standard InChI is InChI=1S/C12H6BrClF3NO/c13-5-3-6(14)8(16)4-10(5)19-12-9(18)2-1-7(15)11(12)17/h1-4H,18H2. The van der Waals surface area contributed by atoms with Gasteiger partial charge in [0.2, 0.25) is 5.82 Å². The first-order valence-electron chi connectivity index (χ1n) is 4.96. The molecule has 100 valence electrons. The Hall–Kier alpha value is -1.40. The van der Waals surface area contributed by atoms with E-state index in [4.69, 9.17) is 22.1 Å². The molecule has 7 heteroatoms. The summed E-state index contributed by atoms with van der Waals surface area (Å²) < 4.78 is 45.3. The second kappa shape index (κ2) is 5.30. The Kier molecular flexibility index (Phi) is 3.91. The topological polar surface area (TPSA) is 35.2 Å². The van der Waals surface area contributed by atoms with Crippen molar-refractivity contribution in [3.63, 3.8) is 0 Å². The van der Waals surface area contributed by atoms with Gasteiger partial charge in [-0.05, 0) is 34.1 Å². The van der Waals surface area contributed by atoms with Crippen LogP contribution in [0.2, 0.25) is 5.02 Å². The molecule has 2 rings (SSSR count). The second-order valence-corrected chi connectivity index (χ2v) is 4.84. The lowest BCUT2D eigenvalue weighted by Gasteiger charge is -2.11. The number of benzene rings is 2. The molecular weight excluding hydrogens is 346 g/mol. The highest BCUT2D eigenvalue weighted by atomic mass is 79.9. The molecule has 0 fully saturated rings. The Labute approximate surface area is 120 Å². The second-order valence-electron chi connectivity index (χ2n) is 3.58. The summed E-state index contributed by atoms with van der Waals surface area (Å²) in [6, 6.07) is 4.19. The molecule has 0 unspecified atom stereocenters. The van der Waals surface area contributed by atoms with Crippen LogP contribution in [0.1, 0.15) is 0 Å². The van der Waals surface area contributed by atoms with Crippen molar-refractivity contribution in [1.82, 2.24) is 0 Å². The van der Waals surface area contributed by atoms with Gasteiger partial charge in [0.15, 0.2) is 11.6 Å². The van der Waals surface area contributed by atoms with E-state index in [1.807, 2.05) is 0 Å². The number of rotatable bonds is 2. The zero-order chi connectivity index (χ0) is 14.2. The summed E-state index contributed by atoms with van der Waals surface area (Å²) in [5, 5.41) is -0.132. The minimum absolute atomic E-state index is 0.0712. The molecule has 0 saturated heterocycles. The molecule has 0 heterocycles. The molecule has 0 bridgehead atoms. The molecule has 2 aromatic rings. The molecule has 2 nitrogen and oxygen atoms in total. The summed E-state index contributed by atoms with van der Waals surface area (Å²) in [7, 11) is 0. The molecule has 0 atom stereocenters. The Balaban J connectivity index is 2.48. The lowest BCUT2D eigenvalue weighted by atomic mass is 10.2. The van der Waals surface area contributed by atoms with Crippen LogP contribution in [-0.4, -0.2) is 0 Å². The average molecular weight is 353 g/mol. The molecule has 0 saturated carbocycles. The molecule has 0 aliphatic carbocycles. The Morgan fingerprint density at radius 1 is 1.11 bits per heavy atom. The quantitative estimate of drug-likeness (QED) is 0.617. The van der Waals surface area contributed by atoms with E-state index in [0.717, 1.165) is 18.2 Å². The van der Waals surface area contributed by atoms with Crippen LogP contribution in [0.5, 0.6) is 11.5 Å². The predicted molar refractivity (Wildman–Crippen MR) is 70.0 cm³/mol. The maximum absolute atomic E-state index is 13.5. The van der Waals surface area contributed by atoms with Gasteiger partial charge in [0, 0.05) is 6.07 Å². The Morgan fingerprint density at radius 3 is 2.47 bits per heavy atom. The molecular formula is C12H6BrClF3NO. The van der Waals surface area contributed by atoms with Crippen LogP contribution in [-0.2, 0) is 0 Å². The molecule has 0 amide bonds. The van der Waals surface area contributed by atoms with Crippen LogP contribution in [0, 0.1) is 17.5 Å². The van der Waals surface area contributed by atoms with Crippen LogP contribution in [0.25, 0.3) is 0 Å². The van der Waals surface area contributed by atoms with E-state index in [9.17, 15) is 13.2 Å². The van der Waals surface area contributed by atoms with E-state index in [1.165, 1.54) is 6.07 Å². The van der Waals surface area contributed by atoms with Gasteiger partial charge in [-0.25, -0.2) is 8.78 Å². The molecule has 0 aliphatic rings. The third-order valence-corrected chi connectivity index (χ3v) is 3.18. The fraction of sp³-hybridized carbons (Fsp3) is 0. The monoisotopic (exact) mass is 351 g/mol. The summed E-state index contributed by atoms with van der Waals surface area (Å²) in [6.45, 7) is 0. The summed E-state index contributed by atoms with van der Waals surface area (Å²) in [5.74, 6) is -3.70. The van der Waals surface area contributed by atoms with E-state index in [0.29, 0.717) is 0 Å². The Morgan fingerprint density at radius 2 is 1.79 bits per heavy atom. The zero-order valence-corrected chi connectivity index (χ0v) is 11.5. The summed E-state index contributed by atoms with van der Waals surface area (Å²) in [5.41, 5.74) is 5.38. The molecule has 2 aromatic carbocycles. The minimum Gasteiger partial charge on any atom is -0.451 e. The number of ether oxygens (including phenoxy) is 1.